The zero-order chi connectivity index (χ0) is 22.7. The van der Waals surface area contributed by atoms with Gasteiger partial charge in [0.25, 0.3) is 0 Å². The largest absolute Gasteiger partial charge is 0.342 e. The van der Waals surface area contributed by atoms with Crippen LogP contribution >= 0.6 is 0 Å². The Morgan fingerprint density at radius 3 is 2.72 bits per heavy atom. The summed E-state index contributed by atoms with van der Waals surface area (Å²) in [5.74, 6) is 1.11. The van der Waals surface area contributed by atoms with E-state index in [2.05, 4.69) is 10.3 Å². The number of likely N-dealkylation sites (tertiary alicyclic amines) is 1. The van der Waals surface area contributed by atoms with E-state index in [0.717, 1.165) is 30.6 Å². The molecule has 166 valence electrons. The SMILES string of the molecule is CC(C)(C)C(=O)N1CCC[C@@H](c2nc(Nc3cccc(F)c3)cc(-c3cccnc3)n2)C1. The third-order valence-corrected chi connectivity index (χ3v) is 5.51. The highest BCUT2D eigenvalue weighted by Gasteiger charge is 2.32. The summed E-state index contributed by atoms with van der Waals surface area (Å²) in [5.41, 5.74) is 1.79. The van der Waals surface area contributed by atoms with Crippen LogP contribution in [0.4, 0.5) is 15.9 Å². The van der Waals surface area contributed by atoms with Gasteiger partial charge in [0, 0.05) is 54.1 Å². The summed E-state index contributed by atoms with van der Waals surface area (Å²) in [7, 11) is 0. The number of pyridine rings is 1. The molecule has 0 aliphatic carbocycles. The highest BCUT2D eigenvalue weighted by Crippen LogP contribution is 2.31. The van der Waals surface area contributed by atoms with Crippen LogP contribution in [0, 0.1) is 11.2 Å². The van der Waals surface area contributed by atoms with Crippen LogP contribution in [0.25, 0.3) is 11.3 Å². The van der Waals surface area contributed by atoms with Crippen molar-refractivity contribution in [3.8, 4) is 11.3 Å². The third kappa shape index (κ3) is 5.10. The van der Waals surface area contributed by atoms with Gasteiger partial charge in [-0.25, -0.2) is 14.4 Å². The Bertz CT molecular complexity index is 1100. The molecule has 0 spiro atoms. The molecular formula is C25H28FN5O. The topological polar surface area (TPSA) is 71.0 Å². The van der Waals surface area contributed by atoms with Gasteiger partial charge in [-0.15, -0.1) is 0 Å². The Balaban J connectivity index is 1.68. The van der Waals surface area contributed by atoms with Gasteiger partial charge in [0.2, 0.25) is 5.91 Å². The number of rotatable bonds is 4. The molecule has 4 rings (SSSR count). The molecule has 1 aliphatic heterocycles. The van der Waals surface area contributed by atoms with E-state index in [1.807, 2.05) is 43.9 Å². The van der Waals surface area contributed by atoms with Crippen LogP contribution in [0.1, 0.15) is 45.4 Å². The molecule has 0 bridgehead atoms. The van der Waals surface area contributed by atoms with Crippen molar-refractivity contribution >= 4 is 17.4 Å². The van der Waals surface area contributed by atoms with Crippen LogP contribution in [-0.2, 0) is 4.79 Å². The lowest BCUT2D eigenvalue weighted by Crippen LogP contribution is -2.44. The second kappa shape index (κ2) is 9.02. The van der Waals surface area contributed by atoms with Crippen molar-refractivity contribution in [3.63, 3.8) is 0 Å². The number of aromatic nitrogens is 3. The lowest BCUT2D eigenvalue weighted by molar-refractivity contribution is -0.140. The number of halogens is 1. The predicted molar refractivity (Wildman–Crippen MR) is 123 cm³/mol. The van der Waals surface area contributed by atoms with E-state index in [0.29, 0.717) is 23.9 Å². The second-order valence-electron chi connectivity index (χ2n) is 9.21. The van der Waals surface area contributed by atoms with Gasteiger partial charge >= 0.3 is 0 Å². The minimum absolute atomic E-state index is 0.0275. The summed E-state index contributed by atoms with van der Waals surface area (Å²) in [6.07, 6.45) is 5.28. The fourth-order valence-electron chi connectivity index (χ4n) is 3.94. The minimum Gasteiger partial charge on any atom is -0.342 e. The number of anilines is 2. The minimum atomic E-state index is -0.426. The lowest BCUT2D eigenvalue weighted by atomic mass is 9.91. The Labute approximate surface area is 187 Å². The first-order valence-corrected chi connectivity index (χ1v) is 10.9. The normalized spacial score (nSPS) is 16.6. The molecule has 1 atom stereocenters. The van der Waals surface area contributed by atoms with Gasteiger partial charge in [0.1, 0.15) is 17.5 Å². The van der Waals surface area contributed by atoms with E-state index < -0.39 is 5.41 Å². The quantitative estimate of drug-likeness (QED) is 0.614. The molecule has 6 nitrogen and oxygen atoms in total. The molecule has 2 aromatic heterocycles. The number of benzene rings is 1. The molecule has 1 aliphatic rings. The van der Waals surface area contributed by atoms with Gasteiger partial charge in [-0.2, -0.15) is 0 Å². The first-order valence-electron chi connectivity index (χ1n) is 10.9. The maximum absolute atomic E-state index is 13.7. The van der Waals surface area contributed by atoms with E-state index >= 15 is 0 Å². The van der Waals surface area contributed by atoms with Crippen LogP contribution in [-0.4, -0.2) is 38.8 Å². The molecule has 1 fully saturated rings. The molecule has 1 aromatic carbocycles. The Hall–Kier alpha value is -3.35. The van der Waals surface area contributed by atoms with Crippen LogP contribution < -0.4 is 5.32 Å². The fourth-order valence-corrected chi connectivity index (χ4v) is 3.94. The standard InChI is InChI=1S/C25H28FN5O/c1-25(2,3)24(32)31-12-6-8-18(16-31)23-29-21(17-7-5-11-27-15-17)14-22(30-23)28-20-10-4-9-19(26)13-20/h4-5,7,9-11,13-15,18H,6,8,12,16H2,1-3H3,(H,28,29,30)/t18-/m1/s1. The summed E-state index contributed by atoms with van der Waals surface area (Å²) in [5, 5.41) is 3.20. The van der Waals surface area contributed by atoms with Crippen molar-refractivity contribution in [1.29, 1.82) is 0 Å². The number of hydrogen-bond donors (Lipinski definition) is 1. The Morgan fingerprint density at radius 2 is 2.00 bits per heavy atom. The summed E-state index contributed by atoms with van der Waals surface area (Å²) in [6.45, 7) is 7.17. The highest BCUT2D eigenvalue weighted by molar-refractivity contribution is 5.81. The van der Waals surface area contributed by atoms with Crippen LogP contribution in [0.2, 0.25) is 0 Å². The van der Waals surface area contributed by atoms with Gasteiger partial charge in [-0.1, -0.05) is 26.8 Å². The number of hydrogen-bond acceptors (Lipinski definition) is 5. The van der Waals surface area contributed by atoms with E-state index in [1.165, 1.54) is 12.1 Å². The molecule has 3 aromatic rings. The smallest absolute Gasteiger partial charge is 0.227 e. The van der Waals surface area contributed by atoms with Gasteiger partial charge in [0.15, 0.2) is 0 Å². The van der Waals surface area contributed by atoms with Gasteiger partial charge in [0.05, 0.1) is 5.69 Å². The van der Waals surface area contributed by atoms with E-state index in [9.17, 15) is 9.18 Å². The van der Waals surface area contributed by atoms with Gasteiger partial charge in [-0.05, 0) is 43.2 Å². The zero-order valence-electron chi connectivity index (χ0n) is 18.7. The monoisotopic (exact) mass is 433 g/mol. The van der Waals surface area contributed by atoms with Crippen molar-refractivity contribution in [2.75, 3.05) is 18.4 Å². The Kier molecular flexibility index (Phi) is 6.17. The summed E-state index contributed by atoms with van der Waals surface area (Å²) >= 11 is 0. The van der Waals surface area contributed by atoms with Crippen molar-refractivity contribution in [1.82, 2.24) is 19.9 Å². The van der Waals surface area contributed by atoms with Crippen LogP contribution in [0.15, 0.2) is 54.9 Å². The number of amides is 1. The Morgan fingerprint density at radius 1 is 1.16 bits per heavy atom. The summed E-state index contributed by atoms with van der Waals surface area (Å²) in [6, 6.07) is 11.9. The number of carbonyl (C=O) groups is 1. The lowest BCUT2D eigenvalue weighted by Gasteiger charge is -2.36. The third-order valence-electron chi connectivity index (χ3n) is 5.51. The molecule has 3 heterocycles. The van der Waals surface area contributed by atoms with Gasteiger partial charge in [-0.3, -0.25) is 9.78 Å². The molecular weight excluding hydrogens is 405 g/mol. The molecule has 32 heavy (non-hydrogen) atoms. The fraction of sp³-hybridized carbons (Fsp3) is 0.360. The number of piperidine rings is 1. The van der Waals surface area contributed by atoms with E-state index in [-0.39, 0.29) is 17.6 Å². The average Bonchev–Trinajstić information content (AvgIpc) is 2.78. The van der Waals surface area contributed by atoms with Crippen molar-refractivity contribution in [3.05, 3.63) is 66.5 Å². The first-order chi connectivity index (χ1) is 15.3. The molecule has 0 saturated carbocycles. The number of carbonyl (C=O) groups excluding carboxylic acids is 1. The average molecular weight is 434 g/mol. The van der Waals surface area contributed by atoms with E-state index in [4.69, 9.17) is 9.97 Å². The van der Waals surface area contributed by atoms with Crippen LogP contribution in [0.3, 0.4) is 0 Å². The summed E-state index contributed by atoms with van der Waals surface area (Å²) in [4.78, 5) is 28.6. The zero-order valence-corrected chi connectivity index (χ0v) is 18.7. The van der Waals surface area contributed by atoms with Crippen molar-refractivity contribution in [2.45, 2.75) is 39.5 Å². The second-order valence-corrected chi connectivity index (χ2v) is 9.21. The number of nitrogens with one attached hydrogen (secondary N) is 1. The van der Waals surface area contributed by atoms with Crippen LogP contribution in [0.5, 0.6) is 0 Å². The summed E-state index contributed by atoms with van der Waals surface area (Å²) < 4.78 is 13.7. The van der Waals surface area contributed by atoms with Crippen molar-refractivity contribution < 1.29 is 9.18 Å². The molecule has 1 saturated heterocycles. The molecule has 0 unspecified atom stereocenters. The van der Waals surface area contributed by atoms with Crippen molar-refractivity contribution in [2.24, 2.45) is 5.41 Å². The maximum atomic E-state index is 13.7. The molecule has 1 N–H and O–H groups in total. The molecule has 7 heteroatoms. The molecule has 0 radical (unpaired) electrons. The van der Waals surface area contributed by atoms with Gasteiger partial charge < -0.3 is 10.2 Å². The molecule has 1 amide bonds. The maximum Gasteiger partial charge on any atom is 0.227 e. The predicted octanol–water partition coefficient (Wildman–Crippen LogP) is 5.17. The van der Waals surface area contributed by atoms with E-state index in [1.54, 1.807) is 24.5 Å². The highest BCUT2D eigenvalue weighted by atomic mass is 19.1. The number of nitrogens with zero attached hydrogens (tertiary/aromatic N) is 4. The first kappa shape index (κ1) is 21.9.